The SMILES string of the molecule is COc1cc(N2CCN(C(C)=O)CC2)ccc1N=C(NC#N)SC. The molecule has 0 unspecified atom stereocenters. The third-order valence-corrected chi connectivity index (χ3v) is 4.41. The van der Waals surface area contributed by atoms with Crippen LogP contribution in [0.25, 0.3) is 0 Å². The maximum absolute atomic E-state index is 11.4. The standard InChI is InChI=1S/C16H21N5O2S/c1-12(22)20-6-8-21(9-7-20)13-4-5-14(15(10-13)23-2)19-16(24-3)18-11-17/h4-5,10H,6-9H2,1-3H3,(H,18,19). The fraction of sp³-hybridized carbons (Fsp3) is 0.438. The van der Waals surface area contributed by atoms with Gasteiger partial charge in [-0.15, -0.1) is 0 Å². The number of ether oxygens (including phenoxy) is 1. The van der Waals surface area contributed by atoms with Crippen LogP contribution < -0.4 is 15.0 Å². The summed E-state index contributed by atoms with van der Waals surface area (Å²) in [5, 5.41) is 11.8. The molecule has 1 N–H and O–H groups in total. The summed E-state index contributed by atoms with van der Waals surface area (Å²) in [4.78, 5) is 19.9. The molecule has 0 spiro atoms. The van der Waals surface area contributed by atoms with E-state index in [2.05, 4.69) is 15.2 Å². The molecule has 0 radical (unpaired) electrons. The summed E-state index contributed by atoms with van der Waals surface area (Å²) in [6.45, 7) is 4.62. The lowest BCUT2D eigenvalue weighted by Gasteiger charge is -2.35. The number of aliphatic imine (C=N–C) groups is 1. The van der Waals surface area contributed by atoms with Crippen molar-refractivity contribution in [2.45, 2.75) is 6.92 Å². The van der Waals surface area contributed by atoms with Crippen LogP contribution in [0.2, 0.25) is 0 Å². The fourth-order valence-electron chi connectivity index (χ4n) is 2.52. The molecular formula is C16H21N5O2S. The lowest BCUT2D eigenvalue weighted by Crippen LogP contribution is -2.48. The Labute approximate surface area is 146 Å². The van der Waals surface area contributed by atoms with E-state index in [1.54, 1.807) is 14.0 Å². The molecule has 0 saturated carbocycles. The van der Waals surface area contributed by atoms with E-state index in [1.807, 2.05) is 35.5 Å². The number of hydrogen-bond acceptors (Lipinski definition) is 6. The van der Waals surface area contributed by atoms with Gasteiger partial charge in [0, 0.05) is 44.9 Å². The van der Waals surface area contributed by atoms with Crippen molar-refractivity contribution in [1.29, 1.82) is 5.26 Å². The van der Waals surface area contributed by atoms with Crippen LogP contribution in [0, 0.1) is 11.5 Å². The second-order valence-electron chi connectivity index (χ2n) is 5.21. The van der Waals surface area contributed by atoms with Gasteiger partial charge in [0.15, 0.2) is 11.4 Å². The van der Waals surface area contributed by atoms with Crippen LogP contribution in [0.5, 0.6) is 5.75 Å². The molecule has 0 aliphatic carbocycles. The van der Waals surface area contributed by atoms with Crippen molar-refractivity contribution in [3.05, 3.63) is 18.2 Å². The number of nitrogens with zero attached hydrogens (tertiary/aromatic N) is 4. The van der Waals surface area contributed by atoms with Crippen LogP contribution in [0.4, 0.5) is 11.4 Å². The molecule has 1 aromatic rings. The molecule has 1 saturated heterocycles. The first-order valence-electron chi connectivity index (χ1n) is 7.55. The van der Waals surface area contributed by atoms with Crippen LogP contribution >= 0.6 is 11.8 Å². The number of carbonyl (C=O) groups is 1. The Balaban J connectivity index is 2.17. The molecule has 1 aromatic carbocycles. The summed E-state index contributed by atoms with van der Waals surface area (Å²) in [7, 11) is 1.60. The molecule has 1 aliphatic heterocycles. The maximum atomic E-state index is 11.4. The zero-order chi connectivity index (χ0) is 17.5. The highest BCUT2D eigenvalue weighted by atomic mass is 32.2. The first-order valence-corrected chi connectivity index (χ1v) is 8.77. The number of hydrogen-bond donors (Lipinski definition) is 1. The van der Waals surface area contributed by atoms with Crippen LogP contribution in [0.15, 0.2) is 23.2 Å². The zero-order valence-electron chi connectivity index (χ0n) is 14.1. The van der Waals surface area contributed by atoms with Crippen molar-refractivity contribution in [3.8, 4) is 11.9 Å². The molecule has 1 fully saturated rings. The number of thioether (sulfide) groups is 1. The molecule has 8 heteroatoms. The summed E-state index contributed by atoms with van der Waals surface area (Å²) >= 11 is 1.36. The number of rotatable bonds is 3. The van der Waals surface area contributed by atoms with Crippen molar-refractivity contribution in [3.63, 3.8) is 0 Å². The van der Waals surface area contributed by atoms with Gasteiger partial charge in [0.05, 0.1) is 7.11 Å². The minimum absolute atomic E-state index is 0.117. The second-order valence-corrected chi connectivity index (χ2v) is 6.00. The van der Waals surface area contributed by atoms with Gasteiger partial charge in [-0.1, -0.05) is 11.8 Å². The Kier molecular flexibility index (Phi) is 6.32. The van der Waals surface area contributed by atoms with Crippen LogP contribution in [0.1, 0.15) is 6.92 Å². The predicted molar refractivity (Wildman–Crippen MR) is 96.8 cm³/mol. The Morgan fingerprint density at radius 1 is 1.38 bits per heavy atom. The lowest BCUT2D eigenvalue weighted by atomic mass is 10.2. The van der Waals surface area contributed by atoms with Crippen molar-refractivity contribution in [2.24, 2.45) is 4.99 Å². The van der Waals surface area contributed by atoms with Gasteiger partial charge in [-0.25, -0.2) is 4.99 Å². The number of benzene rings is 1. The van der Waals surface area contributed by atoms with Gasteiger partial charge in [0.1, 0.15) is 11.4 Å². The molecule has 1 heterocycles. The van der Waals surface area contributed by atoms with Crippen molar-refractivity contribution >= 4 is 34.2 Å². The van der Waals surface area contributed by atoms with E-state index in [0.29, 0.717) is 16.6 Å². The molecule has 128 valence electrons. The first kappa shape index (κ1) is 17.9. The predicted octanol–water partition coefficient (Wildman–Crippen LogP) is 1.78. The molecular weight excluding hydrogens is 326 g/mol. The smallest absolute Gasteiger partial charge is 0.219 e. The Morgan fingerprint density at radius 2 is 2.08 bits per heavy atom. The van der Waals surface area contributed by atoms with Gasteiger partial charge in [-0.3, -0.25) is 10.1 Å². The summed E-state index contributed by atoms with van der Waals surface area (Å²) in [6, 6.07) is 5.79. The fourth-order valence-corrected chi connectivity index (χ4v) is 2.85. The van der Waals surface area contributed by atoms with E-state index in [4.69, 9.17) is 10.00 Å². The molecule has 2 rings (SSSR count). The van der Waals surface area contributed by atoms with Gasteiger partial charge < -0.3 is 14.5 Å². The molecule has 0 atom stereocenters. The van der Waals surface area contributed by atoms with Crippen LogP contribution in [-0.2, 0) is 4.79 Å². The van der Waals surface area contributed by atoms with E-state index in [-0.39, 0.29) is 5.91 Å². The summed E-state index contributed by atoms with van der Waals surface area (Å²) < 4.78 is 5.44. The Bertz CT molecular complexity index is 663. The average Bonchev–Trinajstić information content (AvgIpc) is 2.61. The summed E-state index contributed by atoms with van der Waals surface area (Å²) in [5.74, 6) is 0.763. The van der Waals surface area contributed by atoms with E-state index in [1.165, 1.54) is 11.8 Å². The normalized spacial score (nSPS) is 15.0. The third kappa shape index (κ3) is 4.32. The van der Waals surface area contributed by atoms with Gasteiger partial charge in [0.2, 0.25) is 5.91 Å². The van der Waals surface area contributed by atoms with E-state index >= 15 is 0 Å². The molecule has 1 aliphatic rings. The topological polar surface area (TPSA) is 81.0 Å². The van der Waals surface area contributed by atoms with Gasteiger partial charge in [0.25, 0.3) is 0 Å². The highest BCUT2D eigenvalue weighted by molar-refractivity contribution is 8.13. The molecule has 7 nitrogen and oxygen atoms in total. The number of piperazine rings is 1. The summed E-state index contributed by atoms with van der Waals surface area (Å²) in [6.07, 6.45) is 3.72. The number of amides is 1. The van der Waals surface area contributed by atoms with E-state index in [9.17, 15) is 4.79 Å². The van der Waals surface area contributed by atoms with Gasteiger partial charge >= 0.3 is 0 Å². The molecule has 1 amide bonds. The number of carbonyl (C=O) groups excluding carboxylic acids is 1. The summed E-state index contributed by atoms with van der Waals surface area (Å²) in [5.41, 5.74) is 1.70. The monoisotopic (exact) mass is 347 g/mol. The largest absolute Gasteiger partial charge is 0.494 e. The highest BCUT2D eigenvalue weighted by Gasteiger charge is 2.19. The van der Waals surface area contributed by atoms with Crippen molar-refractivity contribution in [2.75, 3.05) is 44.4 Å². The second kappa shape index (κ2) is 8.45. The number of amidine groups is 1. The Morgan fingerprint density at radius 3 is 2.62 bits per heavy atom. The number of methoxy groups -OCH3 is 1. The molecule has 24 heavy (non-hydrogen) atoms. The van der Waals surface area contributed by atoms with E-state index < -0.39 is 0 Å². The molecule has 0 aromatic heterocycles. The van der Waals surface area contributed by atoms with Gasteiger partial charge in [-0.05, 0) is 18.4 Å². The quantitative estimate of drug-likeness (QED) is 0.389. The minimum atomic E-state index is 0.117. The zero-order valence-corrected chi connectivity index (χ0v) is 14.9. The first-order chi connectivity index (χ1) is 11.6. The van der Waals surface area contributed by atoms with Crippen molar-refractivity contribution in [1.82, 2.24) is 10.2 Å². The van der Waals surface area contributed by atoms with Gasteiger partial charge in [-0.2, -0.15) is 5.26 Å². The number of nitriles is 1. The van der Waals surface area contributed by atoms with Crippen LogP contribution in [0.3, 0.4) is 0 Å². The number of anilines is 1. The van der Waals surface area contributed by atoms with E-state index in [0.717, 1.165) is 31.9 Å². The average molecular weight is 347 g/mol. The van der Waals surface area contributed by atoms with Crippen LogP contribution in [-0.4, -0.2) is 55.5 Å². The third-order valence-electron chi connectivity index (χ3n) is 3.83. The minimum Gasteiger partial charge on any atom is -0.494 e. The highest BCUT2D eigenvalue weighted by Crippen LogP contribution is 2.33. The Hall–Kier alpha value is -2.40. The number of nitrogens with one attached hydrogen (secondary N) is 1. The lowest BCUT2D eigenvalue weighted by molar-refractivity contribution is -0.129. The van der Waals surface area contributed by atoms with Crippen molar-refractivity contribution < 1.29 is 9.53 Å². The maximum Gasteiger partial charge on any atom is 0.219 e. The molecule has 0 bridgehead atoms.